The second-order valence-electron chi connectivity index (χ2n) is 6.82. The first kappa shape index (κ1) is 17.9. The lowest BCUT2D eigenvalue weighted by atomic mass is 9.99. The molecule has 3 aromatic rings. The van der Waals surface area contributed by atoms with E-state index in [9.17, 15) is 14.7 Å². The molecule has 1 fully saturated rings. The van der Waals surface area contributed by atoms with Crippen molar-refractivity contribution in [3.8, 4) is 0 Å². The zero-order valence-corrected chi connectivity index (χ0v) is 15.9. The highest BCUT2D eigenvalue weighted by atomic mass is 32.1. The zero-order chi connectivity index (χ0) is 19.0. The van der Waals surface area contributed by atoms with Crippen LogP contribution in [-0.4, -0.2) is 22.2 Å². The standard InChI is InChI=1S/C21H21NO4S/c1-2-26-21(25)19-17(18(24)14-6-4-3-5-7-14)15-10-11-16(23)22(20(15)27-19)12-13-8-9-13/h3-7,10-11,13,18,24H,2,8-9,12H2,1H3. The van der Waals surface area contributed by atoms with Crippen LogP contribution in [-0.2, 0) is 11.3 Å². The van der Waals surface area contributed by atoms with Crippen LogP contribution in [0, 0.1) is 5.92 Å². The molecule has 1 saturated carbocycles. The normalized spacial score (nSPS) is 15.0. The predicted molar refractivity (Wildman–Crippen MR) is 105 cm³/mol. The Balaban J connectivity index is 1.92. The summed E-state index contributed by atoms with van der Waals surface area (Å²) in [6, 6.07) is 12.4. The van der Waals surface area contributed by atoms with E-state index in [2.05, 4.69) is 0 Å². The molecular weight excluding hydrogens is 362 g/mol. The molecule has 27 heavy (non-hydrogen) atoms. The van der Waals surface area contributed by atoms with Crippen LogP contribution in [0.3, 0.4) is 0 Å². The number of carbonyl (C=O) groups is 1. The first-order valence-electron chi connectivity index (χ1n) is 9.16. The van der Waals surface area contributed by atoms with E-state index in [1.807, 2.05) is 30.3 Å². The fourth-order valence-corrected chi connectivity index (χ4v) is 4.53. The lowest BCUT2D eigenvalue weighted by Crippen LogP contribution is -2.19. The predicted octanol–water partition coefficient (Wildman–Crippen LogP) is 3.73. The third kappa shape index (κ3) is 3.42. The summed E-state index contributed by atoms with van der Waals surface area (Å²) in [7, 11) is 0. The molecule has 0 bridgehead atoms. The van der Waals surface area contributed by atoms with Crippen molar-refractivity contribution in [3.05, 3.63) is 68.8 Å². The Morgan fingerprint density at radius 1 is 1.26 bits per heavy atom. The number of hydrogen-bond donors (Lipinski definition) is 1. The van der Waals surface area contributed by atoms with Gasteiger partial charge < -0.3 is 9.84 Å². The maximum atomic E-state index is 12.6. The van der Waals surface area contributed by atoms with Crippen LogP contribution in [0.25, 0.3) is 10.2 Å². The van der Waals surface area contributed by atoms with Crippen molar-refractivity contribution in [2.75, 3.05) is 6.61 Å². The number of hydrogen-bond acceptors (Lipinski definition) is 5. The summed E-state index contributed by atoms with van der Waals surface area (Å²) < 4.78 is 6.96. The van der Waals surface area contributed by atoms with Crippen molar-refractivity contribution in [1.29, 1.82) is 0 Å². The molecule has 1 unspecified atom stereocenters. The lowest BCUT2D eigenvalue weighted by Gasteiger charge is -2.13. The van der Waals surface area contributed by atoms with Crippen LogP contribution in [0.15, 0.2) is 47.3 Å². The maximum absolute atomic E-state index is 12.6. The van der Waals surface area contributed by atoms with Crippen LogP contribution in [0.5, 0.6) is 0 Å². The van der Waals surface area contributed by atoms with E-state index in [1.165, 1.54) is 17.4 Å². The number of ether oxygens (including phenoxy) is 1. The number of rotatable bonds is 6. The number of thiophene rings is 1. The third-order valence-corrected chi connectivity index (χ3v) is 6.08. The summed E-state index contributed by atoms with van der Waals surface area (Å²) in [6.07, 6.45) is 1.28. The SMILES string of the molecule is CCOC(=O)c1sc2c(ccc(=O)n2CC2CC2)c1C(O)c1ccccc1. The average Bonchev–Trinajstić information content (AvgIpc) is 3.42. The van der Waals surface area contributed by atoms with Crippen LogP contribution in [0.2, 0.25) is 0 Å². The number of aromatic nitrogens is 1. The summed E-state index contributed by atoms with van der Waals surface area (Å²) in [5.74, 6) is 0.0537. The van der Waals surface area contributed by atoms with E-state index in [-0.39, 0.29) is 12.2 Å². The van der Waals surface area contributed by atoms with Gasteiger partial charge in [0.25, 0.3) is 5.56 Å². The van der Waals surface area contributed by atoms with Gasteiger partial charge in [0.1, 0.15) is 15.8 Å². The molecule has 0 spiro atoms. The summed E-state index contributed by atoms with van der Waals surface area (Å²) >= 11 is 1.23. The van der Waals surface area contributed by atoms with Gasteiger partial charge in [0, 0.05) is 23.6 Å². The number of fused-ring (bicyclic) bond motifs is 1. The minimum absolute atomic E-state index is 0.0770. The Kier molecular flexibility index (Phi) is 4.85. The molecule has 1 aliphatic carbocycles. The molecule has 140 valence electrons. The lowest BCUT2D eigenvalue weighted by molar-refractivity contribution is 0.0527. The molecule has 2 heterocycles. The highest BCUT2D eigenvalue weighted by molar-refractivity contribution is 7.20. The van der Waals surface area contributed by atoms with Gasteiger partial charge in [-0.25, -0.2) is 4.79 Å². The smallest absolute Gasteiger partial charge is 0.348 e. The molecule has 2 aromatic heterocycles. The van der Waals surface area contributed by atoms with Crippen LogP contribution < -0.4 is 5.56 Å². The van der Waals surface area contributed by atoms with Gasteiger partial charge in [-0.2, -0.15) is 0 Å². The molecule has 1 aliphatic rings. The molecule has 0 saturated heterocycles. The number of esters is 1. The minimum atomic E-state index is -0.966. The Hall–Kier alpha value is -2.44. The van der Waals surface area contributed by atoms with Gasteiger partial charge in [-0.3, -0.25) is 9.36 Å². The summed E-state index contributed by atoms with van der Waals surface area (Å²) in [5, 5.41) is 11.8. The first-order valence-corrected chi connectivity index (χ1v) is 9.98. The van der Waals surface area contributed by atoms with Crippen LogP contribution in [0.4, 0.5) is 0 Å². The number of carbonyl (C=O) groups excluding carboxylic acids is 1. The highest BCUT2D eigenvalue weighted by Crippen LogP contribution is 2.39. The fraction of sp³-hybridized carbons (Fsp3) is 0.333. The van der Waals surface area contributed by atoms with Crippen molar-refractivity contribution in [2.45, 2.75) is 32.4 Å². The van der Waals surface area contributed by atoms with Gasteiger partial charge in [-0.05, 0) is 37.3 Å². The van der Waals surface area contributed by atoms with Crippen molar-refractivity contribution in [2.24, 2.45) is 5.92 Å². The van der Waals surface area contributed by atoms with E-state index >= 15 is 0 Å². The quantitative estimate of drug-likeness (QED) is 0.659. The van der Waals surface area contributed by atoms with Crippen molar-refractivity contribution in [1.82, 2.24) is 4.57 Å². The van der Waals surface area contributed by atoms with Crippen molar-refractivity contribution >= 4 is 27.5 Å². The second kappa shape index (κ2) is 7.29. The van der Waals surface area contributed by atoms with Crippen LogP contribution in [0.1, 0.15) is 46.7 Å². The van der Waals surface area contributed by atoms with Gasteiger partial charge in [0.2, 0.25) is 0 Å². The van der Waals surface area contributed by atoms with Gasteiger partial charge in [-0.1, -0.05) is 30.3 Å². The molecule has 0 aliphatic heterocycles. The van der Waals surface area contributed by atoms with Crippen molar-refractivity contribution in [3.63, 3.8) is 0 Å². The molecule has 1 atom stereocenters. The highest BCUT2D eigenvalue weighted by Gasteiger charge is 2.29. The molecule has 6 heteroatoms. The summed E-state index contributed by atoms with van der Waals surface area (Å²) in [6.45, 7) is 2.66. The number of nitrogens with zero attached hydrogens (tertiary/aromatic N) is 1. The maximum Gasteiger partial charge on any atom is 0.348 e. The van der Waals surface area contributed by atoms with E-state index in [1.54, 1.807) is 17.6 Å². The van der Waals surface area contributed by atoms with Crippen molar-refractivity contribution < 1.29 is 14.6 Å². The molecule has 5 nitrogen and oxygen atoms in total. The average molecular weight is 383 g/mol. The Morgan fingerprint density at radius 3 is 2.67 bits per heavy atom. The van der Waals surface area contributed by atoms with E-state index in [4.69, 9.17) is 4.74 Å². The van der Waals surface area contributed by atoms with Gasteiger partial charge in [-0.15, -0.1) is 11.3 Å². The van der Waals surface area contributed by atoms with Gasteiger partial charge in [0.05, 0.1) is 6.61 Å². The fourth-order valence-electron chi connectivity index (χ4n) is 3.30. The van der Waals surface area contributed by atoms with Gasteiger partial charge >= 0.3 is 5.97 Å². The van der Waals surface area contributed by atoms with E-state index in [0.29, 0.717) is 28.5 Å². The van der Waals surface area contributed by atoms with E-state index < -0.39 is 12.1 Å². The second-order valence-corrected chi connectivity index (χ2v) is 7.82. The monoisotopic (exact) mass is 383 g/mol. The van der Waals surface area contributed by atoms with Crippen LogP contribution >= 0.6 is 11.3 Å². The Labute approximate surface area is 160 Å². The summed E-state index contributed by atoms with van der Waals surface area (Å²) in [5.41, 5.74) is 1.14. The summed E-state index contributed by atoms with van der Waals surface area (Å²) in [4.78, 5) is 26.1. The Bertz CT molecular complexity index is 1030. The zero-order valence-electron chi connectivity index (χ0n) is 15.1. The largest absolute Gasteiger partial charge is 0.462 e. The Morgan fingerprint density at radius 2 is 2.00 bits per heavy atom. The topological polar surface area (TPSA) is 68.5 Å². The number of pyridine rings is 1. The minimum Gasteiger partial charge on any atom is -0.462 e. The van der Waals surface area contributed by atoms with Gasteiger partial charge in [0.15, 0.2) is 0 Å². The molecule has 1 N–H and O–H groups in total. The molecule has 0 amide bonds. The third-order valence-electron chi connectivity index (χ3n) is 4.85. The number of aliphatic hydroxyl groups excluding tert-OH is 1. The molecular formula is C21H21NO4S. The molecule has 4 rings (SSSR count). The first-order chi connectivity index (χ1) is 13.1. The number of benzene rings is 1. The molecule has 1 aromatic carbocycles. The molecule has 0 radical (unpaired) electrons. The van der Waals surface area contributed by atoms with E-state index in [0.717, 1.165) is 23.1 Å². The number of aliphatic hydroxyl groups is 1.